The zero-order valence-electron chi connectivity index (χ0n) is 18.2. The van der Waals surface area contributed by atoms with Crippen LogP contribution in [-0.4, -0.2) is 101 Å². The molecular formula is C20H40N4O5. The molecule has 2 N–H and O–H groups in total. The van der Waals surface area contributed by atoms with Crippen LogP contribution in [0.2, 0.25) is 0 Å². The lowest BCUT2D eigenvalue weighted by molar-refractivity contribution is 0.0372. The molecule has 9 heteroatoms. The molecule has 1 aliphatic rings. The molecule has 0 bridgehead atoms. The van der Waals surface area contributed by atoms with Gasteiger partial charge in [0.15, 0.2) is 0 Å². The zero-order valence-corrected chi connectivity index (χ0v) is 18.2. The highest BCUT2D eigenvalue weighted by Gasteiger charge is 2.15. The van der Waals surface area contributed by atoms with E-state index in [1.807, 2.05) is 0 Å². The third kappa shape index (κ3) is 12.6. The highest BCUT2D eigenvalue weighted by Crippen LogP contribution is 1.97. The Kier molecular flexibility index (Phi) is 15.2. The molecule has 0 saturated carbocycles. The van der Waals surface area contributed by atoms with Crippen molar-refractivity contribution in [1.82, 2.24) is 20.4 Å². The highest BCUT2D eigenvalue weighted by atomic mass is 16.5. The van der Waals surface area contributed by atoms with Gasteiger partial charge in [0.25, 0.3) is 0 Å². The van der Waals surface area contributed by atoms with Gasteiger partial charge in [0.05, 0.1) is 39.6 Å². The summed E-state index contributed by atoms with van der Waals surface area (Å²) in [5.41, 5.74) is 0. The molecule has 0 aromatic heterocycles. The van der Waals surface area contributed by atoms with E-state index in [2.05, 4.69) is 24.5 Å². The lowest BCUT2D eigenvalue weighted by Gasteiger charge is -2.24. The van der Waals surface area contributed by atoms with Crippen LogP contribution in [0.1, 0.15) is 39.5 Å². The summed E-state index contributed by atoms with van der Waals surface area (Å²) in [7, 11) is 0. The molecule has 1 saturated heterocycles. The fourth-order valence-corrected chi connectivity index (χ4v) is 2.72. The number of amides is 4. The van der Waals surface area contributed by atoms with Gasteiger partial charge in [-0.05, 0) is 12.8 Å². The fraction of sp³-hybridized carbons (Fsp3) is 0.900. The summed E-state index contributed by atoms with van der Waals surface area (Å²) in [4.78, 5) is 28.1. The quantitative estimate of drug-likeness (QED) is 0.643. The van der Waals surface area contributed by atoms with Gasteiger partial charge < -0.3 is 34.6 Å². The van der Waals surface area contributed by atoms with E-state index in [1.54, 1.807) is 9.80 Å². The molecule has 1 fully saturated rings. The molecule has 0 aromatic rings. The van der Waals surface area contributed by atoms with Crippen LogP contribution >= 0.6 is 0 Å². The molecule has 0 radical (unpaired) electrons. The summed E-state index contributed by atoms with van der Waals surface area (Å²) in [6.45, 7) is 10.2. The summed E-state index contributed by atoms with van der Waals surface area (Å²) < 4.78 is 16.8. The van der Waals surface area contributed by atoms with E-state index < -0.39 is 0 Å². The van der Waals surface area contributed by atoms with Crippen molar-refractivity contribution in [2.24, 2.45) is 0 Å². The molecule has 29 heavy (non-hydrogen) atoms. The minimum absolute atomic E-state index is 0.0943. The summed E-state index contributed by atoms with van der Waals surface area (Å²) in [5.74, 6) is 0. The largest absolute Gasteiger partial charge is 0.378 e. The topological polar surface area (TPSA) is 92.4 Å². The lowest BCUT2D eigenvalue weighted by Crippen LogP contribution is -2.44. The first-order valence-corrected chi connectivity index (χ1v) is 11.0. The van der Waals surface area contributed by atoms with Gasteiger partial charge >= 0.3 is 12.1 Å². The maximum atomic E-state index is 12.4. The van der Waals surface area contributed by atoms with Crippen LogP contribution in [0.25, 0.3) is 0 Å². The van der Waals surface area contributed by atoms with Gasteiger partial charge in [-0.15, -0.1) is 0 Å². The fourth-order valence-electron chi connectivity index (χ4n) is 2.72. The van der Waals surface area contributed by atoms with Crippen molar-refractivity contribution in [2.45, 2.75) is 39.5 Å². The molecule has 0 aromatic carbocycles. The minimum atomic E-state index is -0.0943. The Morgan fingerprint density at radius 2 is 1.00 bits per heavy atom. The Bertz CT molecular complexity index is 401. The second-order valence-electron chi connectivity index (χ2n) is 6.98. The number of nitrogens with zero attached hydrogens (tertiary/aromatic N) is 2. The Morgan fingerprint density at radius 3 is 1.34 bits per heavy atom. The van der Waals surface area contributed by atoms with Crippen LogP contribution in [0, 0.1) is 0 Å². The van der Waals surface area contributed by atoms with Crippen molar-refractivity contribution in [1.29, 1.82) is 0 Å². The van der Waals surface area contributed by atoms with E-state index in [-0.39, 0.29) is 12.1 Å². The second kappa shape index (κ2) is 17.3. The molecular weight excluding hydrogens is 376 g/mol. The number of rotatable bonds is 6. The number of urea groups is 2. The minimum Gasteiger partial charge on any atom is -0.378 e. The molecule has 1 aliphatic heterocycles. The van der Waals surface area contributed by atoms with Crippen LogP contribution in [0.4, 0.5) is 9.59 Å². The molecule has 9 nitrogen and oxygen atoms in total. The Hall–Kier alpha value is -1.58. The molecule has 4 amide bonds. The zero-order chi connectivity index (χ0) is 21.2. The standard InChI is InChI=1S/C20H40N4O5/c1-3-5-7-21-19(25)23-9-13-27-14-10-24(20(26)22-8-6-4-2)12-16-29-18-17-28-15-11-23/h3-18H2,1-2H3,(H,21,25)(H,22,26). The van der Waals surface area contributed by atoms with Gasteiger partial charge in [-0.1, -0.05) is 26.7 Å². The van der Waals surface area contributed by atoms with Crippen LogP contribution in [0.3, 0.4) is 0 Å². The summed E-state index contributed by atoms with van der Waals surface area (Å²) in [6.07, 6.45) is 3.99. The normalized spacial score (nSPS) is 17.9. The van der Waals surface area contributed by atoms with E-state index in [0.29, 0.717) is 78.9 Å². The molecule has 170 valence electrons. The first-order chi connectivity index (χ1) is 14.2. The number of hydrogen-bond acceptors (Lipinski definition) is 5. The Labute approximate surface area is 175 Å². The first-order valence-electron chi connectivity index (χ1n) is 11.0. The smallest absolute Gasteiger partial charge is 0.317 e. The van der Waals surface area contributed by atoms with E-state index in [4.69, 9.17) is 14.2 Å². The monoisotopic (exact) mass is 416 g/mol. The van der Waals surface area contributed by atoms with E-state index in [9.17, 15) is 9.59 Å². The number of unbranched alkanes of at least 4 members (excludes halogenated alkanes) is 2. The number of ether oxygens (including phenoxy) is 3. The maximum absolute atomic E-state index is 12.4. The number of hydrogen-bond donors (Lipinski definition) is 2. The van der Waals surface area contributed by atoms with Crippen molar-refractivity contribution in [3.05, 3.63) is 0 Å². The van der Waals surface area contributed by atoms with E-state index >= 15 is 0 Å². The highest BCUT2D eigenvalue weighted by molar-refractivity contribution is 5.74. The van der Waals surface area contributed by atoms with Gasteiger partial charge in [0.1, 0.15) is 0 Å². The van der Waals surface area contributed by atoms with Crippen LogP contribution in [0.15, 0.2) is 0 Å². The molecule has 1 heterocycles. The summed E-state index contributed by atoms with van der Waals surface area (Å²) >= 11 is 0. The van der Waals surface area contributed by atoms with Crippen LogP contribution < -0.4 is 10.6 Å². The van der Waals surface area contributed by atoms with Gasteiger partial charge in [0, 0.05) is 39.3 Å². The van der Waals surface area contributed by atoms with Crippen LogP contribution in [0.5, 0.6) is 0 Å². The molecule has 0 spiro atoms. The predicted molar refractivity (Wildman–Crippen MR) is 112 cm³/mol. The molecule has 0 aliphatic carbocycles. The third-order valence-electron chi connectivity index (χ3n) is 4.58. The predicted octanol–water partition coefficient (Wildman–Crippen LogP) is 1.67. The van der Waals surface area contributed by atoms with Gasteiger partial charge in [-0.3, -0.25) is 0 Å². The summed E-state index contributed by atoms with van der Waals surface area (Å²) in [5, 5.41) is 5.87. The second-order valence-corrected chi connectivity index (χ2v) is 6.98. The maximum Gasteiger partial charge on any atom is 0.317 e. The van der Waals surface area contributed by atoms with E-state index in [0.717, 1.165) is 25.7 Å². The van der Waals surface area contributed by atoms with E-state index in [1.165, 1.54) is 0 Å². The van der Waals surface area contributed by atoms with Crippen molar-refractivity contribution >= 4 is 12.1 Å². The SMILES string of the molecule is CCCCNC(=O)N1CCOCCOCCN(C(=O)NCCCC)CCOCC1. The molecule has 0 unspecified atom stereocenters. The average Bonchev–Trinajstić information content (AvgIpc) is 2.72. The van der Waals surface area contributed by atoms with Crippen molar-refractivity contribution in [3.63, 3.8) is 0 Å². The van der Waals surface area contributed by atoms with Crippen molar-refractivity contribution in [2.75, 3.05) is 78.9 Å². The molecule has 0 atom stereocenters. The first kappa shape index (κ1) is 25.5. The van der Waals surface area contributed by atoms with Gasteiger partial charge in [-0.25, -0.2) is 9.59 Å². The summed E-state index contributed by atoms with van der Waals surface area (Å²) in [6, 6.07) is -0.189. The van der Waals surface area contributed by atoms with Crippen molar-refractivity contribution in [3.8, 4) is 0 Å². The Morgan fingerprint density at radius 1 is 0.655 bits per heavy atom. The number of carbonyl (C=O) groups is 2. The van der Waals surface area contributed by atoms with Gasteiger partial charge in [-0.2, -0.15) is 0 Å². The molecule has 1 rings (SSSR count). The number of carbonyl (C=O) groups excluding carboxylic acids is 2. The average molecular weight is 417 g/mol. The van der Waals surface area contributed by atoms with Crippen LogP contribution in [-0.2, 0) is 14.2 Å². The Balaban J connectivity index is 2.50. The number of nitrogens with one attached hydrogen (secondary N) is 2. The van der Waals surface area contributed by atoms with Crippen molar-refractivity contribution < 1.29 is 23.8 Å². The van der Waals surface area contributed by atoms with Gasteiger partial charge in [0.2, 0.25) is 0 Å². The lowest BCUT2D eigenvalue weighted by atomic mass is 10.3. The third-order valence-corrected chi connectivity index (χ3v) is 4.58.